The number of carboxylic acid groups (broad SMARTS) is 1. The smallest absolute Gasteiger partial charge is 0.408 e. The molecule has 2 aromatic heterocycles. The fourth-order valence-electron chi connectivity index (χ4n) is 4.29. The van der Waals surface area contributed by atoms with Crippen molar-refractivity contribution in [2.75, 3.05) is 18.6 Å². The number of nitrogens with zero attached hydrogens (tertiary/aromatic N) is 5. The Morgan fingerprint density at radius 2 is 2.07 bits per heavy atom. The lowest BCUT2D eigenvalue weighted by molar-refractivity contribution is -0.151. The van der Waals surface area contributed by atoms with Crippen LogP contribution >= 0.6 is 34.9 Å². The van der Waals surface area contributed by atoms with E-state index in [0.29, 0.717) is 27.8 Å². The number of methoxy groups -OCH3 is 1. The number of amides is 3. The van der Waals surface area contributed by atoms with Crippen LogP contribution in [-0.4, -0.2) is 89.1 Å². The van der Waals surface area contributed by atoms with Crippen LogP contribution in [0.2, 0.25) is 0 Å². The molecule has 1 saturated heterocycles. The maximum Gasteiger partial charge on any atom is 0.408 e. The highest BCUT2D eigenvalue weighted by molar-refractivity contribution is 8.01. The molecular weight excluding hydrogens is 623 g/mol. The number of H-pyrrole nitrogens is 1. The number of alkyl carbamates (subject to hydrolysis) is 1. The Balaban J connectivity index is 1.25. The van der Waals surface area contributed by atoms with E-state index in [4.69, 9.17) is 14.9 Å². The van der Waals surface area contributed by atoms with Crippen molar-refractivity contribution in [1.82, 2.24) is 40.7 Å². The normalized spacial score (nSPS) is 18.4. The molecule has 0 radical (unpaired) electrons. The number of ether oxygens (including phenoxy) is 2. The topological polar surface area (TPSA) is 218 Å². The number of aromatic nitrogens is 5. The van der Waals surface area contributed by atoms with Crippen molar-refractivity contribution in [2.45, 2.75) is 29.2 Å². The number of carboxylic acids is 1. The molecule has 5 rings (SSSR count). The highest BCUT2D eigenvalue weighted by Crippen LogP contribution is 2.41. The van der Waals surface area contributed by atoms with Crippen molar-refractivity contribution < 1.29 is 33.8 Å². The number of aliphatic carboxylic acids is 1. The van der Waals surface area contributed by atoms with Crippen LogP contribution in [0.25, 0.3) is 0 Å². The van der Waals surface area contributed by atoms with Gasteiger partial charge in [-0.25, -0.2) is 14.3 Å². The lowest BCUT2D eigenvalue weighted by Gasteiger charge is -2.49. The molecule has 0 saturated carbocycles. The number of aromatic amines is 1. The first-order valence-corrected chi connectivity index (χ1v) is 15.4. The Kier molecular flexibility index (Phi) is 9.02. The maximum atomic E-state index is 13.4. The summed E-state index contributed by atoms with van der Waals surface area (Å²) in [5, 5.41) is 35.4. The van der Waals surface area contributed by atoms with E-state index in [9.17, 15) is 24.3 Å². The summed E-state index contributed by atoms with van der Waals surface area (Å²) in [4.78, 5) is 55.3. The molecule has 2 unspecified atom stereocenters. The quantitative estimate of drug-likeness (QED) is 0.143. The van der Waals surface area contributed by atoms with Crippen LogP contribution in [0.5, 0.6) is 5.75 Å². The number of carbonyl (C=O) groups excluding carboxylic acids is 3. The standard InChI is InChI=1S/C24H25N9O7S3/c1-32-23(29-30-31-32)43-9-12-8-41-20-16(19(35)33(20)17(12)21(36)37)27-18(34)15(14-10-42-22(25)26-14)28-24(38)40-7-11-3-5-13(39-2)6-4-11/h3-6,10,15-16,20H,7-9H2,1-2H3,(H2,25,26)(H,27,34)(H,28,38)(H,36,37)/t15?,16-,20?/m0/s1. The van der Waals surface area contributed by atoms with Gasteiger partial charge in [0.1, 0.15) is 29.5 Å². The second-order valence-corrected chi connectivity index (χ2v) is 12.1. The average molecular weight is 648 g/mol. The SMILES string of the molecule is COc1ccc(COC(=O)NC(C(=O)N[C@H]2C(=O)N3C(C(=O)O)=C(CSc4nnnn4C)CSC23)c2csc(=N)[nH]2)cc1. The minimum Gasteiger partial charge on any atom is -0.497 e. The second-order valence-electron chi connectivity index (χ2n) is 9.17. The van der Waals surface area contributed by atoms with Crippen LogP contribution in [-0.2, 0) is 32.8 Å². The molecule has 5 N–H and O–H groups in total. The van der Waals surface area contributed by atoms with Gasteiger partial charge in [-0.05, 0) is 33.7 Å². The van der Waals surface area contributed by atoms with Crippen LogP contribution in [0.4, 0.5) is 4.79 Å². The highest BCUT2D eigenvalue weighted by atomic mass is 32.2. The van der Waals surface area contributed by atoms with E-state index in [1.54, 1.807) is 31.3 Å². The summed E-state index contributed by atoms with van der Waals surface area (Å²) in [6.07, 6.45) is -0.896. The number of thiazole rings is 1. The largest absolute Gasteiger partial charge is 0.497 e. The van der Waals surface area contributed by atoms with Crippen molar-refractivity contribution in [3.05, 3.63) is 57.0 Å². The van der Waals surface area contributed by atoms with Gasteiger partial charge >= 0.3 is 12.1 Å². The third-order valence-corrected chi connectivity index (χ3v) is 9.58. The number of hydrogen-bond acceptors (Lipinski definition) is 13. The van der Waals surface area contributed by atoms with Crippen molar-refractivity contribution in [2.24, 2.45) is 7.05 Å². The molecule has 226 valence electrons. The molecule has 1 fully saturated rings. The molecular formula is C24H25N9O7S3. The van der Waals surface area contributed by atoms with Gasteiger partial charge in [-0.2, -0.15) is 0 Å². The lowest BCUT2D eigenvalue weighted by atomic mass is 10.0. The Morgan fingerprint density at radius 3 is 2.70 bits per heavy atom. The number of fused-ring (bicyclic) bond motifs is 1. The van der Waals surface area contributed by atoms with E-state index in [-0.39, 0.29) is 28.6 Å². The number of thioether (sulfide) groups is 2. The van der Waals surface area contributed by atoms with Gasteiger partial charge in [0.2, 0.25) is 11.1 Å². The van der Waals surface area contributed by atoms with Gasteiger partial charge in [0, 0.05) is 23.9 Å². The van der Waals surface area contributed by atoms with E-state index < -0.39 is 41.3 Å². The summed E-state index contributed by atoms with van der Waals surface area (Å²) in [5.41, 5.74) is 1.30. The van der Waals surface area contributed by atoms with Crippen LogP contribution in [0.1, 0.15) is 17.3 Å². The Hall–Kier alpha value is -4.36. The van der Waals surface area contributed by atoms with Gasteiger partial charge in [-0.1, -0.05) is 23.9 Å². The molecule has 4 heterocycles. The molecule has 3 aromatic rings. The fraction of sp³-hybridized carbons (Fsp3) is 0.333. The number of tetrazole rings is 1. The molecule has 19 heteroatoms. The summed E-state index contributed by atoms with van der Waals surface area (Å²) in [6.45, 7) is -0.0753. The fourth-order valence-corrected chi connectivity index (χ4v) is 7.24. The predicted molar refractivity (Wildman–Crippen MR) is 153 cm³/mol. The van der Waals surface area contributed by atoms with Crippen LogP contribution in [0, 0.1) is 5.41 Å². The first kappa shape index (κ1) is 30.1. The van der Waals surface area contributed by atoms with Crippen LogP contribution in [0.15, 0.2) is 46.1 Å². The van der Waals surface area contributed by atoms with E-state index in [2.05, 4.69) is 31.1 Å². The molecule has 16 nitrogen and oxygen atoms in total. The number of β-lactam (4-membered cyclic amide) rings is 1. The molecule has 0 bridgehead atoms. The van der Waals surface area contributed by atoms with Gasteiger partial charge in [-0.15, -0.1) is 28.2 Å². The number of rotatable bonds is 11. The first-order chi connectivity index (χ1) is 20.7. The Labute approximate surface area is 255 Å². The minimum atomic E-state index is -1.31. The lowest BCUT2D eigenvalue weighted by Crippen LogP contribution is -2.71. The van der Waals surface area contributed by atoms with Crippen molar-refractivity contribution >= 4 is 58.7 Å². The second kappa shape index (κ2) is 12.9. The third-order valence-electron chi connectivity index (χ3n) is 6.43. The maximum absolute atomic E-state index is 13.4. The Morgan fingerprint density at radius 1 is 1.30 bits per heavy atom. The van der Waals surface area contributed by atoms with Crippen molar-refractivity contribution in [3.63, 3.8) is 0 Å². The van der Waals surface area contributed by atoms with Gasteiger partial charge in [0.05, 0.1) is 12.8 Å². The Bertz CT molecular complexity index is 1630. The zero-order valence-electron chi connectivity index (χ0n) is 22.6. The zero-order chi connectivity index (χ0) is 30.7. The van der Waals surface area contributed by atoms with Crippen LogP contribution < -0.4 is 20.2 Å². The van der Waals surface area contributed by atoms with E-state index in [0.717, 1.165) is 16.2 Å². The highest BCUT2D eigenvalue weighted by Gasteiger charge is 2.54. The monoisotopic (exact) mass is 647 g/mol. The number of carbonyl (C=O) groups is 4. The summed E-state index contributed by atoms with van der Waals surface area (Å²) in [5.74, 6) is -1.38. The van der Waals surface area contributed by atoms with Gasteiger partial charge in [0.15, 0.2) is 10.8 Å². The molecule has 43 heavy (non-hydrogen) atoms. The molecule has 1 aromatic carbocycles. The van der Waals surface area contributed by atoms with Crippen LogP contribution in [0.3, 0.4) is 0 Å². The van der Waals surface area contributed by atoms with E-state index in [1.807, 2.05) is 0 Å². The number of hydrogen-bond donors (Lipinski definition) is 5. The molecule has 2 aliphatic rings. The molecule has 0 aliphatic carbocycles. The number of aryl methyl sites for hydroxylation is 1. The summed E-state index contributed by atoms with van der Waals surface area (Å²) in [6, 6.07) is 4.54. The average Bonchev–Trinajstić information content (AvgIpc) is 3.63. The van der Waals surface area contributed by atoms with Crippen molar-refractivity contribution in [1.29, 1.82) is 5.41 Å². The number of nitrogens with one attached hydrogen (secondary N) is 4. The first-order valence-electron chi connectivity index (χ1n) is 12.5. The third kappa shape index (κ3) is 6.52. The molecule has 0 spiro atoms. The molecule has 3 atom stereocenters. The summed E-state index contributed by atoms with van der Waals surface area (Å²) in [7, 11) is 3.20. The molecule has 3 amide bonds. The predicted octanol–water partition coefficient (Wildman–Crippen LogP) is 0.586. The summed E-state index contributed by atoms with van der Waals surface area (Å²) < 4.78 is 11.8. The number of benzene rings is 1. The molecule has 2 aliphatic heterocycles. The summed E-state index contributed by atoms with van der Waals surface area (Å²) >= 11 is 3.57. The van der Waals surface area contributed by atoms with E-state index in [1.165, 1.54) is 40.7 Å². The van der Waals surface area contributed by atoms with Gasteiger partial charge in [0.25, 0.3) is 5.91 Å². The van der Waals surface area contributed by atoms with E-state index >= 15 is 0 Å². The minimum absolute atomic E-state index is 0.0497. The van der Waals surface area contributed by atoms with Gasteiger partial charge in [-0.3, -0.25) is 19.9 Å². The van der Waals surface area contributed by atoms with Crippen molar-refractivity contribution in [3.8, 4) is 5.75 Å². The zero-order valence-corrected chi connectivity index (χ0v) is 25.0. The van der Waals surface area contributed by atoms with Gasteiger partial charge < -0.3 is 30.2 Å².